The van der Waals surface area contributed by atoms with Crippen LogP contribution in [0.5, 0.6) is 5.75 Å². The van der Waals surface area contributed by atoms with E-state index < -0.39 is 23.0 Å². The molecule has 9 unspecified atom stereocenters. The third kappa shape index (κ3) is 7.50. The number of nitrogens with two attached hydrogens (primary N) is 1. The Bertz CT molecular complexity index is 2230. The van der Waals surface area contributed by atoms with Crippen molar-refractivity contribution in [2.45, 2.75) is 109 Å². The molecule has 3 fully saturated rings. The van der Waals surface area contributed by atoms with Crippen molar-refractivity contribution >= 4 is 46.2 Å². The molecule has 4 aliphatic carbocycles. The molecule has 8 rings (SSSR count). The minimum Gasteiger partial charge on any atom is -0.507 e. The Morgan fingerprint density at radius 1 is 1.10 bits per heavy atom. The zero-order valence-corrected chi connectivity index (χ0v) is 35.3. The second-order valence-electron chi connectivity index (χ2n) is 17.5. The van der Waals surface area contributed by atoms with Crippen molar-refractivity contribution in [2.75, 3.05) is 19.0 Å². The minimum atomic E-state index is -0.939. The number of aliphatic hydroxyl groups is 3. The molecule has 0 saturated heterocycles. The van der Waals surface area contributed by atoms with Gasteiger partial charge in [-0.1, -0.05) is 49.2 Å². The maximum atomic E-state index is 15.1. The third-order valence-electron chi connectivity index (χ3n) is 14.2. The van der Waals surface area contributed by atoms with Crippen molar-refractivity contribution in [3.63, 3.8) is 0 Å². The van der Waals surface area contributed by atoms with Crippen molar-refractivity contribution in [1.29, 1.82) is 0 Å². The van der Waals surface area contributed by atoms with Crippen LogP contribution in [-0.4, -0.2) is 70.1 Å². The van der Waals surface area contributed by atoms with E-state index in [0.717, 1.165) is 82.0 Å². The van der Waals surface area contributed by atoms with Gasteiger partial charge in [0.15, 0.2) is 11.7 Å². The van der Waals surface area contributed by atoms with Crippen LogP contribution >= 0.6 is 22.7 Å². The van der Waals surface area contributed by atoms with Crippen LogP contribution in [0.1, 0.15) is 109 Å². The van der Waals surface area contributed by atoms with Crippen LogP contribution in [0.4, 0.5) is 5.69 Å². The average molecular weight is 821 g/mol. The van der Waals surface area contributed by atoms with Crippen LogP contribution in [0.3, 0.4) is 0 Å². The van der Waals surface area contributed by atoms with Crippen LogP contribution in [0.25, 0.3) is 15.8 Å². The monoisotopic (exact) mass is 820 g/mol. The topological polar surface area (TPSA) is 160 Å². The summed E-state index contributed by atoms with van der Waals surface area (Å²) in [6.45, 7) is 3.24. The number of aromatic hydroxyl groups is 1. The maximum Gasteiger partial charge on any atom is 0.188 e. The molecule has 1 aromatic carbocycles. The molecular formula is C47H56N4O5S2. The van der Waals surface area contributed by atoms with E-state index >= 15 is 4.79 Å². The van der Waals surface area contributed by atoms with E-state index in [0.29, 0.717) is 36.5 Å². The van der Waals surface area contributed by atoms with Gasteiger partial charge in [-0.3, -0.25) is 9.79 Å². The number of aliphatic hydroxyl groups excluding tert-OH is 3. The second kappa shape index (κ2) is 16.5. The van der Waals surface area contributed by atoms with Crippen LogP contribution in [0.15, 0.2) is 41.4 Å². The zero-order chi connectivity index (χ0) is 40.8. The van der Waals surface area contributed by atoms with E-state index in [4.69, 9.17) is 5.73 Å². The predicted octanol–water partition coefficient (Wildman–Crippen LogP) is 7.17. The first kappa shape index (κ1) is 40.7. The number of hydrogen-bond donors (Lipinski definition) is 7. The number of fused-ring (bicyclic) bond motifs is 6. The number of carbonyl (C=O) groups excluding carboxylic acids is 1. The van der Waals surface area contributed by atoms with Gasteiger partial charge in [0.25, 0.3) is 0 Å². The van der Waals surface area contributed by atoms with Crippen LogP contribution < -0.4 is 16.4 Å². The zero-order valence-electron chi connectivity index (χ0n) is 33.7. The number of phenols is 1. The Kier molecular flexibility index (Phi) is 11.6. The maximum absolute atomic E-state index is 15.1. The summed E-state index contributed by atoms with van der Waals surface area (Å²) in [6, 6.07) is 9.45. The first-order valence-electron chi connectivity index (χ1n) is 21.0. The lowest BCUT2D eigenvalue weighted by Crippen LogP contribution is -2.50. The first-order valence-corrected chi connectivity index (χ1v) is 22.6. The van der Waals surface area contributed by atoms with Gasteiger partial charge in [0, 0.05) is 39.7 Å². The molecule has 3 heterocycles. The number of rotatable bonds is 7. The summed E-state index contributed by atoms with van der Waals surface area (Å²) in [5, 5.41) is 51.7. The van der Waals surface area contributed by atoms with Crippen LogP contribution in [0.2, 0.25) is 0 Å². The standard InChI is InChI=1S/C47H56N4O5S2/c1-4-8-30-10-14-40(57-30)41-15-16-42(58-41)44(56)34-12-9-28-23-47(34)24-33(39(55)26-52)35(25-47)46(18-6-5-7-19-46)20-17-31-29(21-37(28)51-45(48)49-3)22-38(54)32-11-13-36(27(2)53)50-43(31)32/h10-11,13-16,22,27-28,33-37,39,50,52-55H,5-7,9,12,18-19,21,23-26H2,1-3H3,(H3,48,49,51). The fraction of sp³-hybridized carbons (Fsp3) is 0.532. The van der Waals surface area contributed by atoms with Gasteiger partial charge >= 0.3 is 0 Å². The molecule has 306 valence electrons. The Hall–Kier alpha value is -4.10. The van der Waals surface area contributed by atoms with Gasteiger partial charge in [-0.2, -0.15) is 0 Å². The molecule has 3 bridgehead atoms. The molecule has 8 N–H and O–H groups in total. The van der Waals surface area contributed by atoms with Gasteiger partial charge in [-0.15, -0.1) is 28.6 Å². The molecule has 3 saturated carbocycles. The number of carbonyl (C=O) groups is 1. The third-order valence-corrected chi connectivity index (χ3v) is 16.5. The summed E-state index contributed by atoms with van der Waals surface area (Å²) in [4.78, 5) is 23.3. The molecule has 11 heteroatoms. The highest BCUT2D eigenvalue weighted by atomic mass is 32.1. The SMILES string of the molecule is CC#Cc1ccc(-c2ccc(C(=O)C3CCC4CC35CC(C(O)CO)C(C5)C3(C#Cc5c(cc(O)c6c5NC(C(C)O)C=C6)CC4NC(N)=NC)CCCCC3)s2)s1. The highest BCUT2D eigenvalue weighted by molar-refractivity contribution is 7.23. The van der Waals surface area contributed by atoms with Crippen molar-refractivity contribution in [3.8, 4) is 39.2 Å². The molecule has 0 amide bonds. The van der Waals surface area contributed by atoms with Gasteiger partial charge in [0.2, 0.25) is 0 Å². The van der Waals surface area contributed by atoms with E-state index in [1.54, 1.807) is 36.6 Å². The Morgan fingerprint density at radius 2 is 1.88 bits per heavy atom. The number of ketones is 1. The highest BCUT2D eigenvalue weighted by Crippen LogP contribution is 2.65. The van der Waals surface area contributed by atoms with E-state index in [-0.39, 0.29) is 53.9 Å². The van der Waals surface area contributed by atoms with E-state index in [1.165, 1.54) is 0 Å². The molecule has 9 nitrogen and oxygen atoms in total. The lowest BCUT2D eigenvalue weighted by atomic mass is 9.57. The number of aliphatic imine (C=N–C) groups is 1. The number of nitrogens with zero attached hydrogens (tertiary/aromatic N) is 1. The number of hydrogen-bond acceptors (Lipinski definition) is 9. The molecule has 9 atom stereocenters. The summed E-state index contributed by atoms with van der Waals surface area (Å²) in [5.41, 5.74) is 8.61. The van der Waals surface area contributed by atoms with Crippen LogP contribution in [0, 0.1) is 58.2 Å². The quantitative estimate of drug-likeness (QED) is 0.0572. The van der Waals surface area contributed by atoms with E-state index in [2.05, 4.69) is 51.4 Å². The largest absolute Gasteiger partial charge is 0.507 e. The van der Waals surface area contributed by atoms with Gasteiger partial charge in [-0.05, 0) is 124 Å². The molecule has 3 aromatic rings. The average Bonchev–Trinajstić information content (AvgIpc) is 4.00. The van der Waals surface area contributed by atoms with Crippen molar-refractivity contribution in [1.82, 2.24) is 5.32 Å². The molecule has 0 radical (unpaired) electrons. The number of guanidine groups is 1. The molecule has 2 spiro atoms. The molecule has 5 aliphatic rings. The predicted molar refractivity (Wildman–Crippen MR) is 234 cm³/mol. The number of benzene rings is 1. The minimum absolute atomic E-state index is 0.0396. The molecule has 1 aliphatic heterocycles. The summed E-state index contributed by atoms with van der Waals surface area (Å²) in [5.74, 6) is 13.9. The Balaban J connectivity index is 1.27. The van der Waals surface area contributed by atoms with Crippen molar-refractivity contribution in [3.05, 3.63) is 62.9 Å². The summed E-state index contributed by atoms with van der Waals surface area (Å²) >= 11 is 3.19. The first-order chi connectivity index (χ1) is 28.0. The smallest absolute Gasteiger partial charge is 0.188 e. The van der Waals surface area contributed by atoms with Crippen LogP contribution in [-0.2, 0) is 6.42 Å². The lowest BCUT2D eigenvalue weighted by Gasteiger charge is -2.48. The number of phenolic OH excluding ortho intramolecular Hbond substituents is 1. The fourth-order valence-corrected chi connectivity index (χ4v) is 13.4. The number of anilines is 1. The van der Waals surface area contributed by atoms with Gasteiger partial charge in [0.1, 0.15) is 5.75 Å². The fourth-order valence-electron chi connectivity index (χ4n) is 11.4. The Labute approximate surface area is 350 Å². The Morgan fingerprint density at radius 3 is 2.62 bits per heavy atom. The van der Waals surface area contributed by atoms with Gasteiger partial charge < -0.3 is 36.8 Å². The molecule has 58 heavy (non-hydrogen) atoms. The van der Waals surface area contributed by atoms with Crippen molar-refractivity contribution < 1.29 is 25.2 Å². The number of thiophene rings is 2. The van der Waals surface area contributed by atoms with E-state index in [1.807, 2.05) is 37.3 Å². The van der Waals surface area contributed by atoms with Gasteiger partial charge in [-0.25, -0.2) is 0 Å². The lowest BCUT2D eigenvalue weighted by molar-refractivity contribution is -0.0000945. The number of nitrogens with one attached hydrogen (secondary N) is 2. The summed E-state index contributed by atoms with van der Waals surface area (Å²) in [7, 11) is 1.67. The highest BCUT2D eigenvalue weighted by Gasteiger charge is 2.60. The normalized spacial score (nSPS) is 29.5. The van der Waals surface area contributed by atoms with Crippen molar-refractivity contribution in [2.24, 2.45) is 45.2 Å². The van der Waals surface area contributed by atoms with Gasteiger partial charge in [0.05, 0.1) is 45.9 Å². The molecular weight excluding hydrogens is 765 g/mol. The van der Waals surface area contributed by atoms with E-state index in [9.17, 15) is 20.4 Å². The molecule has 2 aromatic heterocycles. The second-order valence-corrected chi connectivity index (χ2v) is 19.6. The number of Topliss-reactive ketones (excluding diaryl/α,β-unsaturated/α-hetero) is 1. The summed E-state index contributed by atoms with van der Waals surface area (Å²) in [6.07, 6.45) is 11.1. The summed E-state index contributed by atoms with van der Waals surface area (Å²) < 4.78 is 0.